The van der Waals surface area contributed by atoms with Gasteiger partial charge >= 0.3 is 0 Å². The Balaban J connectivity index is 2.08. The van der Waals surface area contributed by atoms with Gasteiger partial charge in [0.2, 0.25) is 0 Å². The molecule has 1 aliphatic rings. The molecule has 0 amide bonds. The zero-order chi connectivity index (χ0) is 13.9. The molecular weight excluding hydrogens is 270 g/mol. The van der Waals surface area contributed by atoms with Gasteiger partial charge in [-0.25, -0.2) is 0 Å². The van der Waals surface area contributed by atoms with E-state index in [0.717, 1.165) is 19.3 Å². The number of aromatic amines is 1. The monoisotopic (exact) mass is 289 g/mol. The first-order valence-corrected chi connectivity index (χ1v) is 7.71. The number of nitrogens with zero attached hydrogens (tertiary/aromatic N) is 4. The smallest absolute Gasteiger partial charge is 0.280 e. The molecule has 0 bridgehead atoms. The van der Waals surface area contributed by atoms with E-state index in [1.165, 1.54) is 4.31 Å². The van der Waals surface area contributed by atoms with Crippen LogP contribution in [0.1, 0.15) is 38.1 Å². The summed E-state index contributed by atoms with van der Waals surface area (Å²) in [6.07, 6.45) is 2.66. The molecular formula is C9H19N7O2S. The number of hydrogen-bond donors (Lipinski definition) is 3. The van der Waals surface area contributed by atoms with E-state index in [9.17, 15) is 8.42 Å². The molecule has 0 saturated carbocycles. The lowest BCUT2D eigenvalue weighted by atomic mass is 10.1. The van der Waals surface area contributed by atoms with Gasteiger partial charge in [-0.05, 0) is 19.8 Å². The molecule has 9 nitrogen and oxygen atoms in total. The van der Waals surface area contributed by atoms with Crippen molar-refractivity contribution in [2.75, 3.05) is 13.1 Å². The van der Waals surface area contributed by atoms with E-state index < -0.39 is 16.3 Å². The summed E-state index contributed by atoms with van der Waals surface area (Å²) in [5.74, 6) is 0.310. The molecule has 0 spiro atoms. The summed E-state index contributed by atoms with van der Waals surface area (Å²) < 4.78 is 28.7. The molecule has 2 rings (SSSR count). The second kappa shape index (κ2) is 5.90. The van der Waals surface area contributed by atoms with Crippen LogP contribution >= 0.6 is 0 Å². The minimum atomic E-state index is -3.59. The van der Waals surface area contributed by atoms with Gasteiger partial charge in [0.05, 0.1) is 6.04 Å². The van der Waals surface area contributed by atoms with Crippen LogP contribution in [0.15, 0.2) is 0 Å². The van der Waals surface area contributed by atoms with E-state index in [2.05, 4.69) is 25.3 Å². The van der Waals surface area contributed by atoms with Gasteiger partial charge in [0.25, 0.3) is 10.2 Å². The number of piperidine rings is 1. The predicted octanol–water partition coefficient (Wildman–Crippen LogP) is -1.09. The van der Waals surface area contributed by atoms with E-state index in [1.54, 1.807) is 6.92 Å². The lowest BCUT2D eigenvalue weighted by Gasteiger charge is -2.34. The van der Waals surface area contributed by atoms with Crippen molar-refractivity contribution in [3.05, 3.63) is 5.82 Å². The molecule has 2 unspecified atom stereocenters. The first-order valence-electron chi connectivity index (χ1n) is 6.27. The summed E-state index contributed by atoms with van der Waals surface area (Å²) in [5, 5.41) is 13.2. The molecule has 1 aliphatic heterocycles. The fraction of sp³-hybridized carbons (Fsp3) is 0.889. The SMILES string of the molecule is CC(NS(=O)(=O)N1CCCCC1CN)c1nn[nH]n1. The van der Waals surface area contributed by atoms with Gasteiger partial charge in [-0.3, -0.25) is 0 Å². The average molecular weight is 289 g/mol. The maximum atomic E-state index is 12.3. The molecule has 1 aromatic rings. The molecule has 0 radical (unpaired) electrons. The van der Waals surface area contributed by atoms with Gasteiger partial charge in [-0.1, -0.05) is 11.6 Å². The molecule has 19 heavy (non-hydrogen) atoms. The van der Waals surface area contributed by atoms with E-state index in [1.807, 2.05) is 0 Å². The maximum absolute atomic E-state index is 12.3. The molecule has 4 N–H and O–H groups in total. The summed E-state index contributed by atoms with van der Waals surface area (Å²) in [6.45, 7) is 2.50. The molecule has 10 heteroatoms. The Kier molecular flexibility index (Phi) is 4.45. The zero-order valence-corrected chi connectivity index (χ0v) is 11.6. The fourth-order valence-corrected chi connectivity index (χ4v) is 3.86. The molecule has 2 heterocycles. The van der Waals surface area contributed by atoms with Crippen molar-refractivity contribution in [2.24, 2.45) is 5.73 Å². The summed E-state index contributed by atoms with van der Waals surface area (Å²) in [7, 11) is -3.59. The third-order valence-electron chi connectivity index (χ3n) is 3.23. The second-order valence-electron chi connectivity index (χ2n) is 4.61. The number of aromatic nitrogens is 4. The van der Waals surface area contributed by atoms with Crippen LogP contribution in [0.4, 0.5) is 0 Å². The largest absolute Gasteiger partial charge is 0.329 e. The summed E-state index contributed by atoms with van der Waals surface area (Å²) in [6, 6.07) is -0.673. The van der Waals surface area contributed by atoms with Crippen molar-refractivity contribution in [1.29, 1.82) is 0 Å². The summed E-state index contributed by atoms with van der Waals surface area (Å²) >= 11 is 0. The van der Waals surface area contributed by atoms with E-state index in [0.29, 0.717) is 18.9 Å². The van der Waals surface area contributed by atoms with Crippen molar-refractivity contribution < 1.29 is 8.42 Å². The predicted molar refractivity (Wildman–Crippen MR) is 68.0 cm³/mol. The van der Waals surface area contributed by atoms with Crippen LogP contribution in [-0.4, -0.2) is 52.5 Å². The number of tetrazole rings is 1. The second-order valence-corrected chi connectivity index (χ2v) is 6.27. The van der Waals surface area contributed by atoms with Crippen LogP contribution in [0.5, 0.6) is 0 Å². The highest BCUT2D eigenvalue weighted by Gasteiger charge is 2.32. The summed E-state index contributed by atoms with van der Waals surface area (Å²) in [5.41, 5.74) is 5.64. The quantitative estimate of drug-likeness (QED) is 0.631. The Bertz CT molecular complexity index is 489. The molecule has 1 fully saturated rings. The Hall–Kier alpha value is -1.10. The number of rotatable bonds is 5. The summed E-state index contributed by atoms with van der Waals surface area (Å²) in [4.78, 5) is 0. The van der Waals surface area contributed by atoms with Gasteiger partial charge in [-0.15, -0.1) is 10.2 Å². The molecule has 108 valence electrons. The topological polar surface area (TPSA) is 130 Å². The third-order valence-corrected chi connectivity index (χ3v) is 4.98. The van der Waals surface area contributed by atoms with Crippen LogP contribution in [0, 0.1) is 0 Å². The first-order chi connectivity index (χ1) is 9.04. The molecule has 1 aromatic heterocycles. The molecule has 1 saturated heterocycles. The Morgan fingerprint density at radius 2 is 2.37 bits per heavy atom. The molecule has 0 aromatic carbocycles. The standard InChI is InChI=1S/C9H19N7O2S/c1-7(9-11-14-15-12-9)13-19(17,18)16-5-3-2-4-8(16)6-10/h7-8,13H,2-6,10H2,1H3,(H,11,12,14,15). The Morgan fingerprint density at radius 3 is 3.00 bits per heavy atom. The highest BCUT2D eigenvalue weighted by Crippen LogP contribution is 2.20. The van der Waals surface area contributed by atoms with Crippen LogP contribution in [0.25, 0.3) is 0 Å². The van der Waals surface area contributed by atoms with Gasteiger partial charge in [0, 0.05) is 19.1 Å². The molecule has 0 aliphatic carbocycles. The first kappa shape index (κ1) is 14.3. The number of hydrogen-bond acceptors (Lipinski definition) is 6. The van der Waals surface area contributed by atoms with E-state index in [-0.39, 0.29) is 6.04 Å². The number of nitrogens with one attached hydrogen (secondary N) is 2. The highest BCUT2D eigenvalue weighted by atomic mass is 32.2. The zero-order valence-electron chi connectivity index (χ0n) is 10.8. The number of H-pyrrole nitrogens is 1. The number of nitrogens with two attached hydrogens (primary N) is 1. The average Bonchev–Trinajstić information content (AvgIpc) is 2.92. The van der Waals surface area contributed by atoms with Gasteiger partial charge in [0.15, 0.2) is 5.82 Å². The van der Waals surface area contributed by atoms with Crippen LogP contribution in [0.2, 0.25) is 0 Å². The normalized spacial score (nSPS) is 23.4. The van der Waals surface area contributed by atoms with Crippen molar-refractivity contribution in [3.8, 4) is 0 Å². The minimum Gasteiger partial charge on any atom is -0.329 e. The van der Waals surface area contributed by atoms with Crippen molar-refractivity contribution in [2.45, 2.75) is 38.3 Å². The van der Waals surface area contributed by atoms with Gasteiger partial charge in [0.1, 0.15) is 0 Å². The van der Waals surface area contributed by atoms with Crippen molar-refractivity contribution in [1.82, 2.24) is 29.7 Å². The maximum Gasteiger partial charge on any atom is 0.280 e. The van der Waals surface area contributed by atoms with Gasteiger partial charge in [-0.2, -0.15) is 22.7 Å². The van der Waals surface area contributed by atoms with Crippen molar-refractivity contribution >= 4 is 10.2 Å². The lowest BCUT2D eigenvalue weighted by Crippen LogP contribution is -2.52. The third kappa shape index (κ3) is 3.26. The van der Waals surface area contributed by atoms with Crippen LogP contribution in [0.3, 0.4) is 0 Å². The van der Waals surface area contributed by atoms with Gasteiger partial charge < -0.3 is 5.73 Å². The highest BCUT2D eigenvalue weighted by molar-refractivity contribution is 7.87. The fourth-order valence-electron chi connectivity index (χ4n) is 2.22. The Labute approximate surface area is 112 Å². The van der Waals surface area contributed by atoms with Crippen LogP contribution < -0.4 is 10.5 Å². The van der Waals surface area contributed by atoms with E-state index >= 15 is 0 Å². The van der Waals surface area contributed by atoms with E-state index in [4.69, 9.17) is 5.73 Å². The van der Waals surface area contributed by atoms with Crippen molar-refractivity contribution in [3.63, 3.8) is 0 Å². The minimum absolute atomic E-state index is 0.135. The Morgan fingerprint density at radius 1 is 1.58 bits per heavy atom. The van der Waals surface area contributed by atoms with Crippen LogP contribution in [-0.2, 0) is 10.2 Å². The lowest BCUT2D eigenvalue weighted by molar-refractivity contribution is 0.253. The molecule has 2 atom stereocenters.